The number of urea groups is 1. The molecule has 8 nitrogen and oxygen atoms in total. The smallest absolute Gasteiger partial charge is 0.320 e. The first-order chi connectivity index (χ1) is 13.6. The predicted molar refractivity (Wildman–Crippen MR) is 104 cm³/mol. The number of aromatic nitrogens is 3. The van der Waals surface area contributed by atoms with Gasteiger partial charge < -0.3 is 14.8 Å². The monoisotopic (exact) mass is 379 g/mol. The number of pyridine rings is 1. The van der Waals surface area contributed by atoms with E-state index < -0.39 is 0 Å². The Hall–Kier alpha value is -3.55. The van der Waals surface area contributed by atoms with E-state index in [0.29, 0.717) is 30.6 Å². The van der Waals surface area contributed by atoms with Crippen molar-refractivity contribution >= 4 is 11.8 Å². The minimum atomic E-state index is -0.336. The van der Waals surface area contributed by atoms with E-state index in [-0.39, 0.29) is 12.1 Å². The van der Waals surface area contributed by atoms with E-state index in [1.165, 1.54) is 0 Å². The van der Waals surface area contributed by atoms with Crippen LogP contribution in [0.2, 0.25) is 0 Å². The molecule has 0 radical (unpaired) electrons. The fourth-order valence-electron chi connectivity index (χ4n) is 2.98. The first-order valence-corrected chi connectivity index (χ1v) is 9.04. The highest BCUT2D eigenvalue weighted by Crippen LogP contribution is 2.32. The van der Waals surface area contributed by atoms with Gasteiger partial charge in [-0.2, -0.15) is 9.78 Å². The zero-order valence-electron chi connectivity index (χ0n) is 15.7. The number of hydrogen-bond donors (Lipinski definition) is 2. The number of amides is 2. The summed E-state index contributed by atoms with van der Waals surface area (Å²) in [6.07, 6.45) is 3.32. The Labute approximate surface area is 162 Å². The molecule has 2 N–H and O–H groups in total. The molecule has 144 valence electrons. The topological polar surface area (TPSA) is 90.3 Å². The summed E-state index contributed by atoms with van der Waals surface area (Å²) in [5, 5.41) is 10.00. The van der Waals surface area contributed by atoms with E-state index in [1.807, 2.05) is 44.2 Å². The Balaban J connectivity index is 1.44. The van der Waals surface area contributed by atoms with E-state index in [4.69, 9.17) is 9.47 Å². The zero-order valence-corrected chi connectivity index (χ0v) is 15.7. The van der Waals surface area contributed by atoms with Gasteiger partial charge in [-0.15, -0.1) is 0 Å². The Bertz CT molecular complexity index is 1000. The second-order valence-electron chi connectivity index (χ2n) is 6.54. The van der Waals surface area contributed by atoms with Gasteiger partial charge in [0, 0.05) is 12.3 Å². The molecule has 0 saturated heterocycles. The largest absolute Gasteiger partial charge is 0.486 e. The minimum Gasteiger partial charge on any atom is -0.486 e. The number of benzene rings is 1. The van der Waals surface area contributed by atoms with Crippen LogP contribution in [-0.4, -0.2) is 34.0 Å². The summed E-state index contributed by atoms with van der Waals surface area (Å²) < 4.78 is 12.7. The van der Waals surface area contributed by atoms with E-state index in [2.05, 4.69) is 20.7 Å². The molecule has 3 heterocycles. The molecule has 0 aliphatic carbocycles. The lowest BCUT2D eigenvalue weighted by atomic mass is 10.1. The Morgan fingerprint density at radius 2 is 1.93 bits per heavy atom. The molecule has 2 amide bonds. The third-order valence-corrected chi connectivity index (χ3v) is 4.42. The second kappa shape index (κ2) is 7.59. The van der Waals surface area contributed by atoms with Crippen molar-refractivity contribution in [3.8, 4) is 17.3 Å². The number of carbonyl (C=O) groups is 1. The van der Waals surface area contributed by atoms with Crippen molar-refractivity contribution in [2.24, 2.45) is 0 Å². The summed E-state index contributed by atoms with van der Waals surface area (Å²) in [5.41, 5.74) is 1.98. The predicted octanol–water partition coefficient (Wildman–Crippen LogP) is 3.23. The molecule has 1 aliphatic rings. The summed E-state index contributed by atoms with van der Waals surface area (Å²) in [6.45, 7) is 4.95. The van der Waals surface area contributed by atoms with Crippen LogP contribution in [0.1, 0.15) is 24.1 Å². The molecule has 8 heteroatoms. The summed E-state index contributed by atoms with van der Waals surface area (Å²) in [6, 6.07) is 10.6. The Kier molecular flexibility index (Phi) is 4.84. The maximum absolute atomic E-state index is 12.5. The number of fused-ring (bicyclic) bond motifs is 1. The van der Waals surface area contributed by atoms with Gasteiger partial charge in [0.1, 0.15) is 19.0 Å². The van der Waals surface area contributed by atoms with Gasteiger partial charge in [0.2, 0.25) is 0 Å². The fraction of sp³-hybridized carbons (Fsp3) is 0.250. The summed E-state index contributed by atoms with van der Waals surface area (Å²) in [4.78, 5) is 16.8. The van der Waals surface area contributed by atoms with Crippen LogP contribution in [0.5, 0.6) is 11.5 Å². The van der Waals surface area contributed by atoms with Crippen LogP contribution in [0, 0.1) is 6.92 Å². The molecule has 1 aliphatic heterocycles. The number of ether oxygens (including phenoxy) is 2. The number of anilines is 1. The molecule has 3 aromatic rings. The van der Waals surface area contributed by atoms with Crippen LogP contribution < -0.4 is 20.1 Å². The van der Waals surface area contributed by atoms with Crippen molar-refractivity contribution in [2.45, 2.75) is 19.9 Å². The maximum Gasteiger partial charge on any atom is 0.320 e. The van der Waals surface area contributed by atoms with Gasteiger partial charge in [-0.25, -0.2) is 9.78 Å². The lowest BCUT2D eigenvalue weighted by molar-refractivity contribution is 0.171. The number of nitrogens with zero attached hydrogens (tertiary/aromatic N) is 3. The Morgan fingerprint density at radius 3 is 2.75 bits per heavy atom. The van der Waals surface area contributed by atoms with Crippen molar-refractivity contribution in [1.29, 1.82) is 0 Å². The average molecular weight is 379 g/mol. The quantitative estimate of drug-likeness (QED) is 0.726. The standard InChI is InChI=1S/C20H21N5O3/c1-13-5-7-21-19(11-13)25-18(6-8-22-25)24-20(26)23-14(2)15-3-4-16-17(12-15)28-10-9-27-16/h3-8,11-12,14H,9-10H2,1-2H3,(H2,23,24,26). The van der Waals surface area contributed by atoms with Crippen LogP contribution >= 0.6 is 0 Å². The molecule has 4 rings (SSSR count). The third kappa shape index (κ3) is 3.75. The number of carbonyl (C=O) groups excluding carboxylic acids is 1. The molecule has 0 spiro atoms. The van der Waals surface area contributed by atoms with Gasteiger partial charge in [0.15, 0.2) is 17.3 Å². The van der Waals surface area contributed by atoms with E-state index in [9.17, 15) is 4.79 Å². The molecular formula is C20H21N5O3. The van der Waals surface area contributed by atoms with Gasteiger partial charge in [-0.05, 0) is 49.2 Å². The van der Waals surface area contributed by atoms with Crippen molar-refractivity contribution in [3.63, 3.8) is 0 Å². The van der Waals surface area contributed by atoms with Gasteiger partial charge in [0.05, 0.1) is 12.2 Å². The first kappa shape index (κ1) is 17.8. The Morgan fingerprint density at radius 1 is 1.11 bits per heavy atom. The van der Waals surface area contributed by atoms with Crippen molar-refractivity contribution in [1.82, 2.24) is 20.1 Å². The molecule has 0 saturated carbocycles. The van der Waals surface area contributed by atoms with Gasteiger partial charge >= 0.3 is 6.03 Å². The molecular weight excluding hydrogens is 358 g/mol. The second-order valence-corrected chi connectivity index (χ2v) is 6.54. The van der Waals surface area contributed by atoms with E-state index in [1.54, 1.807) is 23.1 Å². The number of hydrogen-bond acceptors (Lipinski definition) is 5. The first-order valence-electron chi connectivity index (χ1n) is 9.04. The van der Waals surface area contributed by atoms with Crippen LogP contribution in [0.25, 0.3) is 5.82 Å². The highest BCUT2D eigenvalue weighted by molar-refractivity contribution is 5.88. The van der Waals surface area contributed by atoms with Gasteiger partial charge in [0.25, 0.3) is 0 Å². The van der Waals surface area contributed by atoms with Gasteiger partial charge in [-0.1, -0.05) is 6.07 Å². The SMILES string of the molecule is Cc1ccnc(-n2nccc2NC(=O)NC(C)c2ccc3c(c2)OCCO3)c1. The molecule has 1 aromatic carbocycles. The number of aryl methyl sites for hydroxylation is 1. The van der Waals surface area contributed by atoms with Crippen LogP contribution in [0.3, 0.4) is 0 Å². The molecule has 28 heavy (non-hydrogen) atoms. The molecule has 0 fully saturated rings. The third-order valence-electron chi connectivity index (χ3n) is 4.42. The normalized spacial score (nSPS) is 13.6. The highest BCUT2D eigenvalue weighted by Gasteiger charge is 2.17. The van der Waals surface area contributed by atoms with Crippen molar-refractivity contribution in [3.05, 3.63) is 59.9 Å². The molecule has 1 atom stereocenters. The average Bonchev–Trinajstić information content (AvgIpc) is 3.15. The van der Waals surface area contributed by atoms with Crippen LogP contribution in [-0.2, 0) is 0 Å². The minimum absolute atomic E-state index is 0.218. The fourth-order valence-corrected chi connectivity index (χ4v) is 2.98. The molecule has 2 aromatic heterocycles. The lowest BCUT2D eigenvalue weighted by Crippen LogP contribution is -2.32. The molecule has 0 bridgehead atoms. The summed E-state index contributed by atoms with van der Waals surface area (Å²) >= 11 is 0. The summed E-state index contributed by atoms with van der Waals surface area (Å²) in [5.74, 6) is 2.59. The van der Waals surface area contributed by atoms with Crippen LogP contribution in [0.15, 0.2) is 48.8 Å². The van der Waals surface area contributed by atoms with Crippen molar-refractivity contribution < 1.29 is 14.3 Å². The van der Waals surface area contributed by atoms with Crippen molar-refractivity contribution in [2.75, 3.05) is 18.5 Å². The van der Waals surface area contributed by atoms with Crippen LogP contribution in [0.4, 0.5) is 10.6 Å². The summed E-state index contributed by atoms with van der Waals surface area (Å²) in [7, 11) is 0. The number of nitrogens with one attached hydrogen (secondary N) is 2. The highest BCUT2D eigenvalue weighted by atomic mass is 16.6. The number of rotatable bonds is 4. The maximum atomic E-state index is 12.5. The van der Waals surface area contributed by atoms with E-state index >= 15 is 0 Å². The molecule has 1 unspecified atom stereocenters. The zero-order chi connectivity index (χ0) is 19.5. The van der Waals surface area contributed by atoms with E-state index in [0.717, 1.165) is 16.9 Å². The van der Waals surface area contributed by atoms with Gasteiger partial charge in [-0.3, -0.25) is 5.32 Å². The lowest BCUT2D eigenvalue weighted by Gasteiger charge is -2.21.